The first-order valence-electron chi connectivity index (χ1n) is 7.32. The Morgan fingerprint density at radius 3 is 2.65 bits per heavy atom. The Morgan fingerprint density at radius 2 is 2.04 bits per heavy atom. The molecule has 1 amide bonds. The first-order chi connectivity index (χ1) is 10.6. The summed E-state index contributed by atoms with van der Waals surface area (Å²) in [6.45, 7) is 3.48. The van der Waals surface area contributed by atoms with Crippen LogP contribution in [0, 0.1) is 5.92 Å². The van der Waals surface area contributed by atoms with E-state index in [4.69, 9.17) is 0 Å². The van der Waals surface area contributed by atoms with Gasteiger partial charge in [0, 0.05) is 56.3 Å². The Kier molecular flexibility index (Phi) is 6.38. The predicted molar refractivity (Wildman–Crippen MR) is 92.8 cm³/mol. The van der Waals surface area contributed by atoms with Gasteiger partial charge in [-0.1, -0.05) is 0 Å². The largest absolute Gasteiger partial charge is 0.356 e. The molecule has 130 valence electrons. The van der Waals surface area contributed by atoms with Crippen LogP contribution in [0.3, 0.4) is 0 Å². The number of aromatic amines is 1. The number of rotatable bonds is 5. The molecule has 23 heavy (non-hydrogen) atoms. The van der Waals surface area contributed by atoms with Crippen LogP contribution in [0.25, 0.3) is 0 Å². The van der Waals surface area contributed by atoms with Crippen molar-refractivity contribution in [2.24, 2.45) is 5.92 Å². The summed E-state index contributed by atoms with van der Waals surface area (Å²) in [6.07, 6.45) is 1.40. The van der Waals surface area contributed by atoms with E-state index in [1.165, 1.54) is 16.6 Å². The number of aromatic nitrogens is 1. The molecule has 0 spiro atoms. The molecule has 0 bridgehead atoms. The van der Waals surface area contributed by atoms with Crippen molar-refractivity contribution in [1.29, 1.82) is 0 Å². The van der Waals surface area contributed by atoms with E-state index < -0.39 is 10.0 Å². The first kappa shape index (κ1) is 18.6. The number of thioether (sulfide) groups is 1. The Labute approximate surface area is 146 Å². The molecule has 0 aliphatic carbocycles. The standard InChI is InChI=1S/C13H20N4O3S2.ClH/c18-13(16-8-10-6-14-7-10)12-5-11(9-15-12)22(19,20)17-1-3-21-4-2-17;/h5,9-10,14-15H,1-4,6-8H2,(H,16,18);1H. The summed E-state index contributed by atoms with van der Waals surface area (Å²) < 4.78 is 26.5. The Morgan fingerprint density at radius 1 is 1.35 bits per heavy atom. The lowest BCUT2D eigenvalue weighted by atomic mass is 10.0. The zero-order chi connectivity index (χ0) is 15.6. The van der Waals surface area contributed by atoms with E-state index >= 15 is 0 Å². The number of nitrogens with zero attached hydrogens (tertiary/aromatic N) is 1. The van der Waals surface area contributed by atoms with E-state index in [0.29, 0.717) is 25.6 Å². The molecule has 0 unspecified atom stereocenters. The molecule has 10 heteroatoms. The highest BCUT2D eigenvalue weighted by Crippen LogP contribution is 2.20. The fourth-order valence-electron chi connectivity index (χ4n) is 2.42. The Balaban J connectivity index is 0.00000192. The van der Waals surface area contributed by atoms with Gasteiger partial charge in [0.05, 0.1) is 0 Å². The number of H-pyrrole nitrogens is 1. The number of amides is 1. The zero-order valence-corrected chi connectivity index (χ0v) is 15.0. The summed E-state index contributed by atoms with van der Waals surface area (Å²) >= 11 is 1.75. The van der Waals surface area contributed by atoms with E-state index in [-0.39, 0.29) is 28.9 Å². The summed E-state index contributed by atoms with van der Waals surface area (Å²) in [5, 5.41) is 5.96. The van der Waals surface area contributed by atoms with Crippen molar-refractivity contribution in [3.05, 3.63) is 18.0 Å². The summed E-state index contributed by atoms with van der Waals surface area (Å²) in [5.41, 5.74) is 0.289. The fraction of sp³-hybridized carbons (Fsp3) is 0.615. The van der Waals surface area contributed by atoms with Gasteiger partial charge in [-0.15, -0.1) is 12.4 Å². The van der Waals surface area contributed by atoms with Crippen molar-refractivity contribution in [3.8, 4) is 0 Å². The second-order valence-electron chi connectivity index (χ2n) is 5.50. The molecule has 0 aromatic carbocycles. The zero-order valence-electron chi connectivity index (χ0n) is 12.6. The van der Waals surface area contributed by atoms with Gasteiger partial charge in [-0.2, -0.15) is 16.1 Å². The fourth-order valence-corrected chi connectivity index (χ4v) is 4.99. The van der Waals surface area contributed by atoms with Crippen LogP contribution in [0.15, 0.2) is 17.2 Å². The van der Waals surface area contributed by atoms with Gasteiger partial charge in [-0.25, -0.2) is 8.42 Å². The SMILES string of the molecule is Cl.O=C(NCC1CNC1)c1cc(S(=O)(=O)N2CCSCC2)c[nH]1. The number of hydrogen-bond acceptors (Lipinski definition) is 5. The summed E-state index contributed by atoms with van der Waals surface area (Å²) in [5.74, 6) is 1.83. The highest BCUT2D eigenvalue weighted by Gasteiger charge is 2.28. The second-order valence-corrected chi connectivity index (χ2v) is 8.66. The van der Waals surface area contributed by atoms with Crippen molar-refractivity contribution in [3.63, 3.8) is 0 Å². The van der Waals surface area contributed by atoms with Crippen LogP contribution < -0.4 is 10.6 Å². The van der Waals surface area contributed by atoms with Gasteiger partial charge in [0.1, 0.15) is 10.6 Å². The number of sulfonamides is 1. The molecular weight excluding hydrogens is 360 g/mol. The summed E-state index contributed by atoms with van der Waals surface area (Å²) in [6, 6.07) is 1.42. The van der Waals surface area contributed by atoms with E-state index in [2.05, 4.69) is 15.6 Å². The number of halogens is 1. The minimum absolute atomic E-state index is 0. The number of carbonyl (C=O) groups is 1. The van der Waals surface area contributed by atoms with E-state index in [9.17, 15) is 13.2 Å². The summed E-state index contributed by atoms with van der Waals surface area (Å²) in [7, 11) is -3.50. The van der Waals surface area contributed by atoms with Crippen LogP contribution in [-0.2, 0) is 10.0 Å². The maximum Gasteiger partial charge on any atom is 0.267 e. The third-order valence-electron chi connectivity index (χ3n) is 3.93. The highest BCUT2D eigenvalue weighted by atomic mass is 35.5. The topological polar surface area (TPSA) is 94.3 Å². The number of nitrogens with one attached hydrogen (secondary N) is 3. The normalized spacial score (nSPS) is 19.7. The van der Waals surface area contributed by atoms with Gasteiger partial charge in [0.2, 0.25) is 10.0 Å². The molecule has 7 nitrogen and oxygen atoms in total. The minimum atomic E-state index is -3.50. The minimum Gasteiger partial charge on any atom is -0.356 e. The molecule has 2 aliphatic heterocycles. The molecule has 0 atom stereocenters. The lowest BCUT2D eigenvalue weighted by molar-refractivity contribution is 0.0938. The number of hydrogen-bond donors (Lipinski definition) is 3. The van der Waals surface area contributed by atoms with Gasteiger partial charge < -0.3 is 15.6 Å². The molecule has 1 aromatic heterocycles. The second kappa shape index (κ2) is 7.89. The van der Waals surface area contributed by atoms with Gasteiger partial charge in [-0.3, -0.25) is 4.79 Å². The molecule has 3 N–H and O–H groups in total. The molecule has 3 rings (SSSR count). The molecule has 1 aromatic rings. The van der Waals surface area contributed by atoms with Gasteiger partial charge in [0.25, 0.3) is 5.91 Å². The van der Waals surface area contributed by atoms with Crippen molar-refractivity contribution in [2.75, 3.05) is 44.2 Å². The number of carbonyl (C=O) groups excluding carboxylic acids is 1. The Bertz CT molecular complexity index is 639. The molecule has 2 saturated heterocycles. The van der Waals surface area contributed by atoms with Gasteiger partial charge in [-0.05, 0) is 6.07 Å². The molecular formula is C13H21ClN4O3S2. The third-order valence-corrected chi connectivity index (χ3v) is 6.75. The van der Waals surface area contributed by atoms with Crippen LogP contribution in [0.1, 0.15) is 10.5 Å². The van der Waals surface area contributed by atoms with Crippen LogP contribution in [0.5, 0.6) is 0 Å². The monoisotopic (exact) mass is 380 g/mol. The van der Waals surface area contributed by atoms with Crippen LogP contribution in [-0.4, -0.2) is 67.8 Å². The van der Waals surface area contributed by atoms with E-state index in [1.54, 1.807) is 11.8 Å². The van der Waals surface area contributed by atoms with E-state index in [0.717, 1.165) is 24.6 Å². The van der Waals surface area contributed by atoms with Crippen LogP contribution in [0.2, 0.25) is 0 Å². The molecule has 3 heterocycles. The smallest absolute Gasteiger partial charge is 0.267 e. The quantitative estimate of drug-likeness (QED) is 0.674. The van der Waals surface area contributed by atoms with Crippen molar-refractivity contribution in [1.82, 2.24) is 19.9 Å². The first-order valence-corrected chi connectivity index (χ1v) is 9.92. The molecule has 2 aliphatic rings. The van der Waals surface area contributed by atoms with Gasteiger partial charge >= 0.3 is 0 Å². The van der Waals surface area contributed by atoms with Gasteiger partial charge in [0.15, 0.2) is 0 Å². The average Bonchev–Trinajstić information content (AvgIpc) is 2.97. The Hall–Kier alpha value is -0.740. The van der Waals surface area contributed by atoms with Crippen molar-refractivity contribution < 1.29 is 13.2 Å². The maximum absolute atomic E-state index is 12.5. The summed E-state index contributed by atoms with van der Waals surface area (Å²) in [4.78, 5) is 15.0. The average molecular weight is 381 g/mol. The highest BCUT2D eigenvalue weighted by molar-refractivity contribution is 7.99. The van der Waals surface area contributed by atoms with Crippen molar-refractivity contribution >= 4 is 40.1 Å². The lowest BCUT2D eigenvalue weighted by Gasteiger charge is -2.26. The van der Waals surface area contributed by atoms with Crippen molar-refractivity contribution in [2.45, 2.75) is 4.90 Å². The predicted octanol–water partition coefficient (Wildman–Crippen LogP) is 0.123. The van der Waals surface area contributed by atoms with E-state index in [1.807, 2.05) is 0 Å². The molecule has 2 fully saturated rings. The van der Waals surface area contributed by atoms with Crippen LogP contribution in [0.4, 0.5) is 0 Å². The van der Waals surface area contributed by atoms with Crippen LogP contribution >= 0.6 is 24.2 Å². The molecule has 0 saturated carbocycles. The molecule has 0 radical (unpaired) electrons. The lowest BCUT2D eigenvalue weighted by Crippen LogP contribution is -2.48. The maximum atomic E-state index is 12.5. The third kappa shape index (κ3) is 4.21.